The van der Waals surface area contributed by atoms with Gasteiger partial charge >= 0.3 is 6.18 Å². The summed E-state index contributed by atoms with van der Waals surface area (Å²) in [6.45, 7) is 3.40. The monoisotopic (exact) mass is 266 g/mol. The summed E-state index contributed by atoms with van der Waals surface area (Å²) in [7, 11) is 0. The summed E-state index contributed by atoms with van der Waals surface area (Å²) in [6, 6.07) is 2.31. The average molecular weight is 267 g/mol. The van der Waals surface area contributed by atoms with E-state index in [2.05, 4.69) is 0 Å². The van der Waals surface area contributed by atoms with Gasteiger partial charge in [0.1, 0.15) is 5.75 Å². The third kappa shape index (κ3) is 3.12. The molecule has 0 atom stereocenters. The second-order valence-corrected chi connectivity index (χ2v) is 3.76. The molecular weight excluding hydrogens is 257 g/mol. The molecule has 0 N–H and O–H groups in total. The smallest absolute Gasteiger partial charge is 0.455 e. The van der Waals surface area contributed by atoms with Gasteiger partial charge in [0, 0.05) is 5.02 Å². The number of carbonyl (C=O) groups is 1. The van der Waals surface area contributed by atoms with Gasteiger partial charge in [-0.15, -0.1) is 0 Å². The largest absolute Gasteiger partial charge is 0.493 e. The van der Waals surface area contributed by atoms with Crippen LogP contribution in [0.1, 0.15) is 22.8 Å². The molecule has 0 aliphatic rings. The van der Waals surface area contributed by atoms with Gasteiger partial charge in [0.25, 0.3) is 5.78 Å². The Morgan fingerprint density at radius 2 is 2.00 bits per heavy atom. The van der Waals surface area contributed by atoms with Crippen LogP contribution in [-0.2, 0) is 0 Å². The van der Waals surface area contributed by atoms with Crippen LogP contribution in [0.15, 0.2) is 12.1 Å². The number of alkyl halides is 3. The molecule has 0 fully saturated rings. The Labute approximate surface area is 101 Å². The van der Waals surface area contributed by atoms with Gasteiger partial charge < -0.3 is 4.74 Å². The van der Waals surface area contributed by atoms with Crippen LogP contribution in [0.2, 0.25) is 5.02 Å². The summed E-state index contributed by atoms with van der Waals surface area (Å²) in [4.78, 5) is 11.2. The number of Topliss-reactive ketones (excluding diaryl/α,β-unsaturated/α-hetero) is 1. The lowest BCUT2D eigenvalue weighted by Crippen LogP contribution is -2.23. The number of carbonyl (C=O) groups excluding carboxylic acids is 1. The van der Waals surface area contributed by atoms with Crippen LogP contribution in [0.25, 0.3) is 0 Å². The van der Waals surface area contributed by atoms with E-state index in [0.717, 1.165) is 6.07 Å². The Hall–Kier alpha value is -1.23. The van der Waals surface area contributed by atoms with Crippen LogP contribution in [0.3, 0.4) is 0 Å². The second kappa shape index (κ2) is 4.96. The van der Waals surface area contributed by atoms with Crippen molar-refractivity contribution in [1.29, 1.82) is 0 Å². The van der Waals surface area contributed by atoms with Crippen LogP contribution < -0.4 is 4.74 Å². The summed E-state index contributed by atoms with van der Waals surface area (Å²) in [6.07, 6.45) is -4.94. The van der Waals surface area contributed by atoms with Gasteiger partial charge in [-0.05, 0) is 31.5 Å². The molecule has 0 radical (unpaired) electrons. The van der Waals surface area contributed by atoms with E-state index >= 15 is 0 Å². The summed E-state index contributed by atoms with van der Waals surface area (Å²) in [5.74, 6) is -2.06. The maximum atomic E-state index is 12.3. The minimum Gasteiger partial charge on any atom is -0.493 e. The minimum atomic E-state index is -4.94. The van der Waals surface area contributed by atoms with Crippen molar-refractivity contribution in [2.24, 2.45) is 0 Å². The van der Waals surface area contributed by atoms with E-state index in [4.69, 9.17) is 16.3 Å². The predicted molar refractivity (Wildman–Crippen MR) is 57.7 cm³/mol. The molecule has 2 nitrogen and oxygen atoms in total. The first-order chi connectivity index (χ1) is 7.77. The first-order valence-corrected chi connectivity index (χ1v) is 5.19. The molecule has 0 amide bonds. The highest BCUT2D eigenvalue weighted by molar-refractivity contribution is 6.31. The van der Waals surface area contributed by atoms with Crippen molar-refractivity contribution < 1.29 is 22.7 Å². The van der Waals surface area contributed by atoms with Crippen molar-refractivity contribution in [3.8, 4) is 5.75 Å². The van der Waals surface area contributed by atoms with E-state index in [1.54, 1.807) is 13.8 Å². The van der Waals surface area contributed by atoms with Crippen molar-refractivity contribution in [2.75, 3.05) is 6.61 Å². The Balaban J connectivity index is 3.30. The van der Waals surface area contributed by atoms with Gasteiger partial charge in [0.05, 0.1) is 12.2 Å². The lowest BCUT2D eigenvalue weighted by Gasteiger charge is -2.12. The third-order valence-electron chi connectivity index (χ3n) is 2.06. The molecule has 0 aliphatic heterocycles. The van der Waals surface area contributed by atoms with E-state index < -0.39 is 17.5 Å². The molecule has 1 aromatic carbocycles. The number of rotatable bonds is 3. The zero-order valence-electron chi connectivity index (χ0n) is 9.19. The van der Waals surface area contributed by atoms with Gasteiger partial charge in [-0.1, -0.05) is 11.6 Å². The molecule has 0 unspecified atom stereocenters. The number of ether oxygens (including phenoxy) is 1. The fourth-order valence-corrected chi connectivity index (χ4v) is 1.42. The Morgan fingerprint density at radius 1 is 1.41 bits per heavy atom. The molecule has 0 spiro atoms. The molecule has 0 saturated carbocycles. The number of benzene rings is 1. The molecule has 6 heteroatoms. The maximum absolute atomic E-state index is 12.3. The number of hydrogen-bond acceptors (Lipinski definition) is 2. The Morgan fingerprint density at radius 3 is 2.47 bits per heavy atom. The zero-order chi connectivity index (χ0) is 13.2. The van der Waals surface area contributed by atoms with Crippen molar-refractivity contribution in [3.05, 3.63) is 28.3 Å². The topological polar surface area (TPSA) is 26.3 Å². The first kappa shape index (κ1) is 13.8. The van der Waals surface area contributed by atoms with Gasteiger partial charge in [0.15, 0.2) is 0 Å². The van der Waals surface area contributed by atoms with Crippen molar-refractivity contribution in [3.63, 3.8) is 0 Å². The highest BCUT2D eigenvalue weighted by atomic mass is 35.5. The fraction of sp³-hybridized carbons (Fsp3) is 0.364. The number of aryl methyl sites for hydroxylation is 1. The molecule has 17 heavy (non-hydrogen) atoms. The van der Waals surface area contributed by atoms with Crippen LogP contribution in [0.4, 0.5) is 13.2 Å². The summed E-state index contributed by atoms with van der Waals surface area (Å²) in [5, 5.41) is 0.0982. The predicted octanol–water partition coefficient (Wildman–Crippen LogP) is 3.79. The minimum absolute atomic E-state index is 0.0982. The maximum Gasteiger partial charge on any atom is 0.455 e. The summed E-state index contributed by atoms with van der Waals surface area (Å²) >= 11 is 5.70. The summed E-state index contributed by atoms with van der Waals surface area (Å²) < 4.78 is 42.0. The molecule has 0 aromatic heterocycles. The van der Waals surface area contributed by atoms with E-state index in [1.807, 2.05) is 0 Å². The molecule has 0 bridgehead atoms. The van der Waals surface area contributed by atoms with E-state index in [0.29, 0.717) is 5.56 Å². The lowest BCUT2D eigenvalue weighted by atomic mass is 10.1. The molecule has 1 aromatic rings. The quantitative estimate of drug-likeness (QED) is 0.778. The van der Waals surface area contributed by atoms with Crippen LogP contribution in [0.5, 0.6) is 5.75 Å². The van der Waals surface area contributed by atoms with Crippen LogP contribution >= 0.6 is 11.6 Å². The van der Waals surface area contributed by atoms with Gasteiger partial charge in [0.2, 0.25) is 0 Å². The highest BCUT2D eigenvalue weighted by Crippen LogP contribution is 2.32. The zero-order valence-corrected chi connectivity index (χ0v) is 9.95. The number of hydrogen-bond donors (Lipinski definition) is 0. The molecule has 1 rings (SSSR count). The third-order valence-corrected chi connectivity index (χ3v) is 2.47. The normalized spacial score (nSPS) is 11.4. The van der Waals surface area contributed by atoms with Crippen LogP contribution in [0, 0.1) is 6.92 Å². The fourth-order valence-electron chi connectivity index (χ4n) is 1.26. The molecule has 0 heterocycles. The summed E-state index contributed by atoms with van der Waals surface area (Å²) in [5.41, 5.74) is -0.0104. The highest BCUT2D eigenvalue weighted by Gasteiger charge is 2.41. The first-order valence-electron chi connectivity index (χ1n) is 4.81. The molecule has 0 aliphatic carbocycles. The molecule has 0 saturated heterocycles. The lowest BCUT2D eigenvalue weighted by molar-refractivity contribution is -0.0886. The van der Waals surface area contributed by atoms with Crippen LogP contribution in [-0.4, -0.2) is 18.6 Å². The Kier molecular flexibility index (Phi) is 4.03. The van der Waals surface area contributed by atoms with Gasteiger partial charge in [-0.2, -0.15) is 13.2 Å². The van der Waals surface area contributed by atoms with E-state index in [1.165, 1.54) is 6.07 Å². The van der Waals surface area contributed by atoms with Crippen molar-refractivity contribution in [1.82, 2.24) is 0 Å². The van der Waals surface area contributed by atoms with Crippen molar-refractivity contribution >= 4 is 17.4 Å². The number of ketones is 1. The van der Waals surface area contributed by atoms with Crippen molar-refractivity contribution in [2.45, 2.75) is 20.0 Å². The van der Waals surface area contributed by atoms with Gasteiger partial charge in [-0.25, -0.2) is 0 Å². The molecule has 94 valence electrons. The average Bonchev–Trinajstić information content (AvgIpc) is 2.21. The van der Waals surface area contributed by atoms with E-state index in [-0.39, 0.29) is 17.4 Å². The standard InChI is InChI=1S/C11H10ClF3O2/c1-3-17-9-4-6(2)8(12)5-7(9)10(16)11(13,14)15/h4-5H,3H2,1-2H3. The second-order valence-electron chi connectivity index (χ2n) is 3.36. The van der Waals surface area contributed by atoms with Gasteiger partial charge in [-0.3, -0.25) is 4.79 Å². The Bertz CT molecular complexity index is 441. The SMILES string of the molecule is CCOc1cc(C)c(Cl)cc1C(=O)C(F)(F)F. The number of halogens is 4. The van der Waals surface area contributed by atoms with E-state index in [9.17, 15) is 18.0 Å². The molecular formula is C11H10ClF3O2.